The highest BCUT2D eigenvalue weighted by Gasteiger charge is 2.26. The number of rotatable bonds is 3. The lowest BCUT2D eigenvalue weighted by molar-refractivity contribution is 0.0435. The van der Waals surface area contributed by atoms with Crippen LogP contribution in [0.5, 0.6) is 0 Å². The van der Waals surface area contributed by atoms with E-state index in [1.165, 1.54) is 12.8 Å². The van der Waals surface area contributed by atoms with Crippen LogP contribution in [-0.2, 0) is 5.60 Å². The predicted molar refractivity (Wildman–Crippen MR) is 74.8 cm³/mol. The average molecular weight is 265 g/mol. The van der Waals surface area contributed by atoms with Gasteiger partial charge in [0.05, 0.1) is 12.8 Å². The van der Waals surface area contributed by atoms with E-state index >= 15 is 0 Å². The Hall–Kier alpha value is -1.49. The molecule has 0 radical (unpaired) electrons. The summed E-state index contributed by atoms with van der Waals surface area (Å²) in [6.07, 6.45) is 6.38. The number of nitrogens with zero attached hydrogens (tertiary/aromatic N) is 2. The van der Waals surface area contributed by atoms with Gasteiger partial charge in [-0.25, -0.2) is 4.99 Å². The Labute approximate surface area is 114 Å². The van der Waals surface area contributed by atoms with Crippen LogP contribution in [0.2, 0.25) is 0 Å². The summed E-state index contributed by atoms with van der Waals surface area (Å²) in [7, 11) is 0. The predicted octanol–water partition coefficient (Wildman–Crippen LogP) is 1.68. The third-order valence-corrected chi connectivity index (χ3v) is 3.53. The number of aliphatic hydroxyl groups is 1. The molecule has 3 N–H and O–H groups in total. The van der Waals surface area contributed by atoms with Gasteiger partial charge in [0.25, 0.3) is 0 Å². The van der Waals surface area contributed by atoms with Crippen LogP contribution in [-0.4, -0.2) is 35.6 Å². The van der Waals surface area contributed by atoms with Crippen molar-refractivity contribution in [1.82, 2.24) is 4.90 Å². The number of likely N-dealkylation sites (tertiary alicyclic amines) is 1. The molecule has 19 heavy (non-hydrogen) atoms. The van der Waals surface area contributed by atoms with Crippen LogP contribution in [0.1, 0.15) is 38.4 Å². The first-order valence-corrected chi connectivity index (χ1v) is 6.91. The van der Waals surface area contributed by atoms with Gasteiger partial charge in [0.2, 0.25) is 0 Å². The molecule has 106 valence electrons. The number of furan rings is 1. The van der Waals surface area contributed by atoms with Crippen molar-refractivity contribution in [3.05, 3.63) is 24.2 Å². The monoisotopic (exact) mass is 265 g/mol. The lowest BCUT2D eigenvalue weighted by Crippen LogP contribution is -2.39. The fourth-order valence-corrected chi connectivity index (χ4v) is 2.30. The molecular weight excluding hydrogens is 242 g/mol. The van der Waals surface area contributed by atoms with Gasteiger partial charge in [-0.3, -0.25) is 0 Å². The van der Waals surface area contributed by atoms with E-state index in [9.17, 15) is 5.11 Å². The Balaban J connectivity index is 1.97. The van der Waals surface area contributed by atoms with Crippen molar-refractivity contribution in [2.75, 3.05) is 19.6 Å². The molecule has 1 aliphatic rings. The first-order valence-electron chi connectivity index (χ1n) is 6.91. The lowest BCUT2D eigenvalue weighted by Gasteiger charge is -2.23. The maximum absolute atomic E-state index is 10.3. The molecule has 5 heteroatoms. The summed E-state index contributed by atoms with van der Waals surface area (Å²) in [4.78, 5) is 6.43. The maximum atomic E-state index is 10.3. The van der Waals surface area contributed by atoms with E-state index in [-0.39, 0.29) is 6.54 Å². The Morgan fingerprint density at radius 1 is 1.42 bits per heavy atom. The summed E-state index contributed by atoms with van der Waals surface area (Å²) in [6, 6.07) is 3.50. The zero-order valence-corrected chi connectivity index (χ0v) is 11.5. The van der Waals surface area contributed by atoms with Crippen molar-refractivity contribution < 1.29 is 9.52 Å². The lowest BCUT2D eigenvalue weighted by atomic mass is 10.0. The number of guanidine groups is 1. The van der Waals surface area contributed by atoms with Crippen LogP contribution in [0, 0.1) is 0 Å². The summed E-state index contributed by atoms with van der Waals surface area (Å²) in [5.41, 5.74) is 4.90. The van der Waals surface area contributed by atoms with Gasteiger partial charge in [0, 0.05) is 13.1 Å². The molecule has 0 aliphatic carbocycles. The van der Waals surface area contributed by atoms with Gasteiger partial charge in [0.1, 0.15) is 11.4 Å². The van der Waals surface area contributed by atoms with Gasteiger partial charge in [-0.15, -0.1) is 0 Å². The maximum Gasteiger partial charge on any atom is 0.191 e. The minimum atomic E-state index is -1.11. The van der Waals surface area contributed by atoms with Crippen molar-refractivity contribution in [3.8, 4) is 0 Å². The summed E-state index contributed by atoms with van der Waals surface area (Å²) >= 11 is 0. The Morgan fingerprint density at radius 3 is 2.68 bits per heavy atom. The van der Waals surface area contributed by atoms with Crippen LogP contribution in [0.4, 0.5) is 0 Å². The van der Waals surface area contributed by atoms with E-state index in [1.54, 1.807) is 25.3 Å². The van der Waals surface area contributed by atoms with Crippen LogP contribution < -0.4 is 5.73 Å². The molecule has 1 aromatic rings. The van der Waals surface area contributed by atoms with Gasteiger partial charge in [-0.2, -0.15) is 0 Å². The van der Waals surface area contributed by atoms with E-state index in [0.29, 0.717) is 11.7 Å². The molecule has 1 aromatic heterocycles. The molecule has 0 amide bonds. The highest BCUT2D eigenvalue weighted by molar-refractivity contribution is 5.78. The number of aliphatic imine (C=N–C) groups is 1. The van der Waals surface area contributed by atoms with Gasteiger partial charge in [-0.1, -0.05) is 12.8 Å². The Morgan fingerprint density at radius 2 is 2.11 bits per heavy atom. The molecule has 1 atom stereocenters. The van der Waals surface area contributed by atoms with Crippen LogP contribution in [0.15, 0.2) is 27.8 Å². The average Bonchev–Trinajstić information content (AvgIpc) is 2.80. The third-order valence-electron chi connectivity index (χ3n) is 3.53. The molecule has 0 bridgehead atoms. The second kappa shape index (κ2) is 6.10. The molecule has 1 aliphatic heterocycles. The van der Waals surface area contributed by atoms with Crippen molar-refractivity contribution in [2.45, 2.75) is 38.2 Å². The molecule has 2 rings (SSSR count). The summed E-state index contributed by atoms with van der Waals surface area (Å²) < 4.78 is 5.22. The second-order valence-electron chi connectivity index (χ2n) is 5.33. The Bertz CT molecular complexity index is 404. The number of hydrogen-bond donors (Lipinski definition) is 2. The molecule has 1 unspecified atom stereocenters. The van der Waals surface area contributed by atoms with Crippen molar-refractivity contribution in [3.63, 3.8) is 0 Å². The highest BCUT2D eigenvalue weighted by Crippen LogP contribution is 2.21. The normalized spacial score (nSPS) is 20.9. The second-order valence-corrected chi connectivity index (χ2v) is 5.33. The molecule has 2 heterocycles. The van der Waals surface area contributed by atoms with E-state index in [2.05, 4.69) is 9.89 Å². The molecular formula is C14H23N3O2. The summed E-state index contributed by atoms with van der Waals surface area (Å²) in [6.45, 7) is 3.81. The highest BCUT2D eigenvalue weighted by atomic mass is 16.4. The van der Waals surface area contributed by atoms with E-state index in [0.717, 1.165) is 25.9 Å². The zero-order chi connectivity index (χ0) is 13.7. The summed E-state index contributed by atoms with van der Waals surface area (Å²) in [5, 5.41) is 10.3. The first kappa shape index (κ1) is 13.9. The van der Waals surface area contributed by atoms with Crippen LogP contribution >= 0.6 is 0 Å². The van der Waals surface area contributed by atoms with Gasteiger partial charge in [0.15, 0.2) is 5.96 Å². The van der Waals surface area contributed by atoms with Crippen LogP contribution in [0.3, 0.4) is 0 Å². The first-order chi connectivity index (χ1) is 9.09. The van der Waals surface area contributed by atoms with E-state index < -0.39 is 5.60 Å². The summed E-state index contributed by atoms with van der Waals surface area (Å²) in [5.74, 6) is 1.04. The fraction of sp³-hybridized carbons (Fsp3) is 0.643. The molecule has 0 saturated carbocycles. The molecule has 0 aromatic carbocycles. The largest absolute Gasteiger partial charge is 0.466 e. The van der Waals surface area contributed by atoms with E-state index in [4.69, 9.17) is 10.2 Å². The zero-order valence-electron chi connectivity index (χ0n) is 11.5. The van der Waals surface area contributed by atoms with Crippen molar-refractivity contribution >= 4 is 5.96 Å². The number of nitrogens with two attached hydrogens (primary N) is 1. The third kappa shape index (κ3) is 3.73. The van der Waals surface area contributed by atoms with Crippen molar-refractivity contribution in [1.29, 1.82) is 0 Å². The minimum Gasteiger partial charge on any atom is -0.466 e. The minimum absolute atomic E-state index is 0.211. The van der Waals surface area contributed by atoms with Gasteiger partial charge >= 0.3 is 0 Å². The molecule has 5 nitrogen and oxygen atoms in total. The molecule has 1 saturated heterocycles. The standard InChI is InChI=1S/C14H23N3O2/c1-14(18,12-7-6-10-19-12)11-16-13(15)17-8-4-2-3-5-9-17/h6-7,10,18H,2-5,8-9,11H2,1H3,(H2,15,16). The smallest absolute Gasteiger partial charge is 0.191 e. The SMILES string of the molecule is CC(O)(CN=C(N)N1CCCCCC1)c1ccco1. The Kier molecular flexibility index (Phi) is 4.47. The van der Waals surface area contributed by atoms with Crippen molar-refractivity contribution in [2.24, 2.45) is 10.7 Å². The van der Waals surface area contributed by atoms with E-state index in [1.807, 2.05) is 0 Å². The number of hydrogen-bond acceptors (Lipinski definition) is 3. The molecule has 1 fully saturated rings. The molecule has 0 spiro atoms. The topological polar surface area (TPSA) is 75.0 Å². The van der Waals surface area contributed by atoms with Gasteiger partial charge < -0.3 is 20.2 Å². The van der Waals surface area contributed by atoms with Gasteiger partial charge in [-0.05, 0) is 31.9 Å². The quantitative estimate of drug-likeness (QED) is 0.644. The fourth-order valence-electron chi connectivity index (χ4n) is 2.30. The van der Waals surface area contributed by atoms with Crippen LogP contribution in [0.25, 0.3) is 0 Å².